The van der Waals surface area contributed by atoms with Crippen LogP contribution in [0.15, 0.2) is 59.8 Å². The summed E-state index contributed by atoms with van der Waals surface area (Å²) >= 11 is 1.26. The van der Waals surface area contributed by atoms with Crippen molar-refractivity contribution in [2.45, 2.75) is 18.0 Å². The van der Waals surface area contributed by atoms with Gasteiger partial charge in [0.05, 0.1) is 17.0 Å². The summed E-state index contributed by atoms with van der Waals surface area (Å²) in [5, 5.41) is 20.9. The summed E-state index contributed by atoms with van der Waals surface area (Å²) in [6.45, 7) is 0. The Balaban J connectivity index is 1.58. The second kappa shape index (κ2) is 8.39. The van der Waals surface area contributed by atoms with Gasteiger partial charge in [-0.05, 0) is 46.7 Å². The molecule has 3 aromatic rings. The number of tetrazole rings is 1. The molecule has 1 N–H and O–H groups in total. The minimum Gasteiger partial charge on any atom is -0.478 e. The molecule has 0 aliphatic rings. The molecule has 0 saturated carbocycles. The van der Waals surface area contributed by atoms with E-state index in [-0.39, 0.29) is 17.1 Å². The molecule has 132 valence electrons. The maximum atomic E-state index is 12.1. The van der Waals surface area contributed by atoms with E-state index in [0.717, 1.165) is 5.56 Å². The molecule has 0 aliphatic carbocycles. The third-order valence-corrected chi connectivity index (χ3v) is 4.68. The molecule has 0 aliphatic heterocycles. The topological polar surface area (TPSA) is 98.0 Å². The second-order valence-corrected chi connectivity index (χ2v) is 6.48. The quantitative estimate of drug-likeness (QED) is 0.610. The third-order valence-electron chi connectivity index (χ3n) is 3.70. The zero-order chi connectivity index (χ0) is 18.4. The molecule has 0 unspecified atom stereocenters. The number of aromatic nitrogens is 4. The summed E-state index contributed by atoms with van der Waals surface area (Å²) in [5.74, 6) is -0.595. The van der Waals surface area contributed by atoms with Crippen LogP contribution in [-0.2, 0) is 11.2 Å². The largest absolute Gasteiger partial charge is 0.478 e. The average Bonchev–Trinajstić information content (AvgIpc) is 3.14. The first-order chi connectivity index (χ1) is 12.6. The van der Waals surface area contributed by atoms with Crippen molar-refractivity contribution in [2.24, 2.45) is 0 Å². The molecule has 3 rings (SSSR count). The zero-order valence-corrected chi connectivity index (χ0v) is 14.6. The first-order valence-electron chi connectivity index (χ1n) is 7.94. The Morgan fingerprint density at radius 3 is 2.46 bits per heavy atom. The third kappa shape index (κ3) is 4.54. The summed E-state index contributed by atoms with van der Waals surface area (Å²) in [6.07, 6.45) is 1.17. The molecule has 7 nitrogen and oxygen atoms in total. The van der Waals surface area contributed by atoms with E-state index in [1.807, 2.05) is 30.3 Å². The zero-order valence-electron chi connectivity index (χ0n) is 13.8. The fraction of sp³-hybridized carbons (Fsp3) is 0.167. The summed E-state index contributed by atoms with van der Waals surface area (Å²) in [7, 11) is 0. The van der Waals surface area contributed by atoms with Crippen LogP contribution in [0, 0.1) is 0 Å². The van der Waals surface area contributed by atoms with E-state index in [0.29, 0.717) is 23.7 Å². The molecule has 0 radical (unpaired) electrons. The smallest absolute Gasteiger partial charge is 0.335 e. The van der Waals surface area contributed by atoms with Crippen LogP contribution in [0.4, 0.5) is 0 Å². The molecule has 0 fully saturated rings. The first-order valence-corrected chi connectivity index (χ1v) is 8.92. The number of aromatic carboxylic acids is 1. The maximum absolute atomic E-state index is 12.1. The number of carboxylic acids is 1. The normalized spacial score (nSPS) is 10.6. The van der Waals surface area contributed by atoms with Gasteiger partial charge in [0.1, 0.15) is 5.78 Å². The maximum Gasteiger partial charge on any atom is 0.335 e. The standard InChI is InChI=1S/C18H16N4O3S/c23-16(11-6-13-4-2-1-3-5-13)12-26-18-19-20-21-22(18)15-9-7-14(8-10-15)17(24)25/h1-5,7-10H,6,11-12H2,(H,24,25). The van der Waals surface area contributed by atoms with Gasteiger partial charge in [0.25, 0.3) is 0 Å². The van der Waals surface area contributed by atoms with Gasteiger partial charge in [-0.15, -0.1) is 5.10 Å². The molecule has 1 heterocycles. The number of thioether (sulfide) groups is 1. The molecule has 26 heavy (non-hydrogen) atoms. The number of Topliss-reactive ketones (excluding diaryl/α,β-unsaturated/α-hetero) is 1. The van der Waals surface area contributed by atoms with Crippen molar-refractivity contribution < 1.29 is 14.7 Å². The van der Waals surface area contributed by atoms with Gasteiger partial charge in [0.15, 0.2) is 0 Å². The van der Waals surface area contributed by atoms with Gasteiger partial charge in [0, 0.05) is 6.42 Å². The van der Waals surface area contributed by atoms with Gasteiger partial charge in [-0.2, -0.15) is 4.68 Å². The van der Waals surface area contributed by atoms with E-state index in [2.05, 4.69) is 15.5 Å². The fourth-order valence-electron chi connectivity index (χ4n) is 2.32. The fourth-order valence-corrected chi connectivity index (χ4v) is 3.11. The molecule has 1 aromatic heterocycles. The van der Waals surface area contributed by atoms with E-state index in [9.17, 15) is 9.59 Å². The lowest BCUT2D eigenvalue weighted by atomic mass is 10.1. The molecule has 2 aromatic carbocycles. The minimum absolute atomic E-state index is 0.120. The van der Waals surface area contributed by atoms with E-state index >= 15 is 0 Å². The lowest BCUT2D eigenvalue weighted by Gasteiger charge is -2.05. The number of aryl methyl sites for hydroxylation is 1. The molecular formula is C18H16N4O3S. The summed E-state index contributed by atoms with van der Waals surface area (Å²) in [6, 6.07) is 16.1. The van der Waals surface area contributed by atoms with Crippen molar-refractivity contribution in [3.63, 3.8) is 0 Å². The number of rotatable bonds is 8. The number of hydrogen-bond acceptors (Lipinski definition) is 6. The minimum atomic E-state index is -0.994. The highest BCUT2D eigenvalue weighted by atomic mass is 32.2. The van der Waals surface area contributed by atoms with Gasteiger partial charge < -0.3 is 5.11 Å². The second-order valence-electron chi connectivity index (χ2n) is 5.54. The van der Waals surface area contributed by atoms with Crippen molar-refractivity contribution in [2.75, 3.05) is 5.75 Å². The van der Waals surface area contributed by atoms with E-state index in [1.54, 1.807) is 12.1 Å². The van der Waals surface area contributed by atoms with Crippen LogP contribution in [-0.4, -0.2) is 42.8 Å². The number of hydrogen-bond donors (Lipinski definition) is 1. The highest BCUT2D eigenvalue weighted by Gasteiger charge is 2.12. The molecule has 0 spiro atoms. The first kappa shape index (κ1) is 17.8. The Labute approximate surface area is 154 Å². The van der Waals surface area contributed by atoms with Gasteiger partial charge in [-0.1, -0.05) is 42.1 Å². The van der Waals surface area contributed by atoms with Crippen LogP contribution < -0.4 is 0 Å². The number of ketones is 1. The SMILES string of the molecule is O=C(CCc1ccccc1)CSc1nnnn1-c1ccc(C(=O)O)cc1. The molecule has 0 atom stereocenters. The monoisotopic (exact) mass is 368 g/mol. The number of carbonyl (C=O) groups is 2. The Bertz CT molecular complexity index is 894. The van der Waals surface area contributed by atoms with Gasteiger partial charge in [0.2, 0.25) is 5.16 Å². The molecule has 8 heteroatoms. The van der Waals surface area contributed by atoms with Crippen molar-refractivity contribution in [3.05, 3.63) is 65.7 Å². The predicted molar refractivity (Wildman–Crippen MR) is 96.6 cm³/mol. The predicted octanol–water partition coefficient (Wildman–Crippen LogP) is 2.65. The Hall–Kier alpha value is -3.00. The van der Waals surface area contributed by atoms with Gasteiger partial charge in [-0.25, -0.2) is 4.79 Å². The van der Waals surface area contributed by atoms with Crippen LogP contribution in [0.3, 0.4) is 0 Å². The van der Waals surface area contributed by atoms with Crippen LogP contribution in [0.5, 0.6) is 0 Å². The number of benzene rings is 2. The number of carboxylic acid groups (broad SMARTS) is 1. The molecule has 0 bridgehead atoms. The van der Waals surface area contributed by atoms with Crippen molar-refractivity contribution >= 4 is 23.5 Å². The van der Waals surface area contributed by atoms with Crippen molar-refractivity contribution in [1.82, 2.24) is 20.2 Å². The average molecular weight is 368 g/mol. The number of nitrogens with zero attached hydrogens (tertiary/aromatic N) is 4. The number of carbonyl (C=O) groups excluding carboxylic acids is 1. The van der Waals surface area contributed by atoms with E-state index < -0.39 is 5.97 Å². The van der Waals surface area contributed by atoms with E-state index in [4.69, 9.17) is 5.11 Å². The Kier molecular flexibility index (Phi) is 5.75. The lowest BCUT2D eigenvalue weighted by Crippen LogP contribution is -2.06. The van der Waals surface area contributed by atoms with Crippen molar-refractivity contribution in [3.8, 4) is 5.69 Å². The van der Waals surface area contributed by atoms with E-state index in [1.165, 1.54) is 28.6 Å². The van der Waals surface area contributed by atoms with Crippen molar-refractivity contribution in [1.29, 1.82) is 0 Å². The van der Waals surface area contributed by atoms with Crippen LogP contribution >= 0.6 is 11.8 Å². The highest BCUT2D eigenvalue weighted by molar-refractivity contribution is 7.99. The summed E-state index contributed by atoms with van der Waals surface area (Å²) in [4.78, 5) is 23.0. The van der Waals surface area contributed by atoms with Gasteiger partial charge in [-0.3, -0.25) is 4.79 Å². The highest BCUT2D eigenvalue weighted by Crippen LogP contribution is 2.19. The molecule has 0 saturated heterocycles. The molecule has 0 amide bonds. The summed E-state index contributed by atoms with van der Waals surface area (Å²) < 4.78 is 1.49. The lowest BCUT2D eigenvalue weighted by molar-refractivity contribution is -0.116. The van der Waals surface area contributed by atoms with Gasteiger partial charge >= 0.3 is 5.97 Å². The Morgan fingerprint density at radius 1 is 1.04 bits per heavy atom. The van der Waals surface area contributed by atoms with Crippen LogP contribution in [0.2, 0.25) is 0 Å². The Morgan fingerprint density at radius 2 is 1.77 bits per heavy atom. The van der Waals surface area contributed by atoms with Crippen LogP contribution in [0.1, 0.15) is 22.3 Å². The van der Waals surface area contributed by atoms with Crippen LogP contribution in [0.25, 0.3) is 5.69 Å². The summed E-state index contributed by atoms with van der Waals surface area (Å²) in [5.41, 5.74) is 1.96. The molecular weight excluding hydrogens is 352 g/mol.